The van der Waals surface area contributed by atoms with Gasteiger partial charge in [-0.1, -0.05) is 44.2 Å². The molecule has 20 heavy (non-hydrogen) atoms. The van der Waals surface area contributed by atoms with Crippen LogP contribution >= 0.6 is 11.8 Å². The average molecular weight is 290 g/mol. The zero-order valence-electron chi connectivity index (χ0n) is 13.0. The van der Waals surface area contributed by atoms with Gasteiger partial charge in [-0.3, -0.25) is 5.32 Å². The van der Waals surface area contributed by atoms with Crippen LogP contribution in [0.3, 0.4) is 0 Å². The molecule has 0 amide bonds. The van der Waals surface area contributed by atoms with Gasteiger partial charge in [0.05, 0.1) is 6.07 Å². The van der Waals surface area contributed by atoms with E-state index in [1.807, 2.05) is 42.1 Å². The van der Waals surface area contributed by atoms with Crippen molar-refractivity contribution in [1.82, 2.24) is 5.32 Å². The van der Waals surface area contributed by atoms with Crippen LogP contribution in [0.15, 0.2) is 30.3 Å². The average Bonchev–Trinajstić information content (AvgIpc) is 2.46. The van der Waals surface area contributed by atoms with Crippen LogP contribution in [0.2, 0.25) is 0 Å². The number of rotatable bonds is 8. The van der Waals surface area contributed by atoms with Gasteiger partial charge in [0.15, 0.2) is 0 Å². The molecular weight excluding hydrogens is 264 g/mol. The van der Waals surface area contributed by atoms with Crippen molar-refractivity contribution < 1.29 is 0 Å². The molecule has 0 bridgehead atoms. The Morgan fingerprint density at radius 3 is 2.40 bits per heavy atom. The van der Waals surface area contributed by atoms with E-state index in [9.17, 15) is 5.26 Å². The Kier molecular flexibility index (Phi) is 7.12. The minimum absolute atomic E-state index is 0.281. The molecule has 1 rings (SSSR count). The summed E-state index contributed by atoms with van der Waals surface area (Å²) in [6, 6.07) is 12.9. The van der Waals surface area contributed by atoms with Gasteiger partial charge in [0.1, 0.15) is 5.54 Å². The molecule has 0 fully saturated rings. The first-order valence-corrected chi connectivity index (χ1v) is 8.45. The lowest BCUT2D eigenvalue weighted by Gasteiger charge is -2.31. The highest BCUT2D eigenvalue weighted by Gasteiger charge is 2.32. The number of hydrogen-bond donors (Lipinski definition) is 1. The smallest absolute Gasteiger partial charge is 0.133 e. The van der Waals surface area contributed by atoms with Crippen LogP contribution in [0.1, 0.15) is 46.1 Å². The minimum Gasteiger partial charge on any atom is -0.293 e. The lowest BCUT2D eigenvalue weighted by Crippen LogP contribution is -2.45. The molecule has 1 aromatic rings. The van der Waals surface area contributed by atoms with Crippen molar-refractivity contribution in [3.05, 3.63) is 35.9 Å². The molecule has 0 aliphatic heterocycles. The molecule has 0 spiro atoms. The number of benzene rings is 1. The molecule has 0 saturated carbocycles. The van der Waals surface area contributed by atoms with Gasteiger partial charge in [-0.15, -0.1) is 0 Å². The maximum atomic E-state index is 9.78. The summed E-state index contributed by atoms with van der Waals surface area (Å²) >= 11 is 1.95. The fourth-order valence-electron chi connectivity index (χ4n) is 2.20. The van der Waals surface area contributed by atoms with Crippen LogP contribution in [-0.4, -0.2) is 17.0 Å². The van der Waals surface area contributed by atoms with Crippen molar-refractivity contribution in [2.75, 3.05) is 5.75 Å². The van der Waals surface area contributed by atoms with Crippen molar-refractivity contribution in [2.24, 2.45) is 0 Å². The maximum absolute atomic E-state index is 9.78. The third-order valence-electron chi connectivity index (χ3n) is 3.45. The van der Waals surface area contributed by atoms with Crippen molar-refractivity contribution in [1.29, 1.82) is 5.26 Å². The molecule has 2 atom stereocenters. The Bertz CT molecular complexity index is 424. The molecule has 0 radical (unpaired) electrons. The monoisotopic (exact) mass is 290 g/mol. The van der Waals surface area contributed by atoms with Gasteiger partial charge in [0.25, 0.3) is 0 Å². The SMILES string of the molecule is CCC(C)SCCC(C#N)(NC(C)C)c1ccccc1. The highest BCUT2D eigenvalue weighted by atomic mass is 32.2. The Morgan fingerprint density at radius 1 is 1.25 bits per heavy atom. The van der Waals surface area contributed by atoms with Crippen molar-refractivity contribution >= 4 is 11.8 Å². The zero-order chi connectivity index (χ0) is 15.0. The molecule has 110 valence electrons. The van der Waals surface area contributed by atoms with Crippen molar-refractivity contribution in [2.45, 2.75) is 57.4 Å². The first kappa shape index (κ1) is 17.1. The van der Waals surface area contributed by atoms with Crippen molar-refractivity contribution in [3.8, 4) is 6.07 Å². The summed E-state index contributed by atoms with van der Waals surface area (Å²) in [5.74, 6) is 0.997. The van der Waals surface area contributed by atoms with E-state index < -0.39 is 5.54 Å². The summed E-state index contributed by atoms with van der Waals surface area (Å²) in [6.45, 7) is 8.64. The van der Waals surface area contributed by atoms with Crippen molar-refractivity contribution in [3.63, 3.8) is 0 Å². The summed E-state index contributed by atoms with van der Waals surface area (Å²) < 4.78 is 0. The molecule has 2 unspecified atom stereocenters. The van der Waals surface area contributed by atoms with Gasteiger partial charge in [-0.05, 0) is 38.0 Å². The lowest BCUT2D eigenvalue weighted by atomic mass is 9.88. The Labute approximate surface area is 128 Å². The van der Waals surface area contributed by atoms with E-state index in [-0.39, 0.29) is 6.04 Å². The number of nitriles is 1. The number of nitrogens with zero attached hydrogens (tertiary/aromatic N) is 1. The Hall–Kier alpha value is -0.980. The number of thioether (sulfide) groups is 1. The predicted octanol–water partition coefficient (Wildman–Crippen LogP) is 4.33. The molecular formula is C17H26N2S. The van der Waals surface area contributed by atoms with Gasteiger partial charge in [-0.2, -0.15) is 17.0 Å². The van der Waals surface area contributed by atoms with Crippen LogP contribution in [-0.2, 0) is 5.54 Å². The van der Waals surface area contributed by atoms with E-state index in [0.717, 1.165) is 17.7 Å². The summed E-state index contributed by atoms with van der Waals surface area (Å²) in [7, 11) is 0. The first-order chi connectivity index (χ1) is 9.54. The van der Waals surface area contributed by atoms with E-state index in [1.165, 1.54) is 6.42 Å². The van der Waals surface area contributed by atoms with E-state index in [1.54, 1.807) is 0 Å². The molecule has 2 nitrogen and oxygen atoms in total. The lowest BCUT2D eigenvalue weighted by molar-refractivity contribution is 0.378. The second kappa shape index (κ2) is 8.34. The van der Waals surface area contributed by atoms with Gasteiger partial charge in [-0.25, -0.2) is 0 Å². The molecule has 0 aromatic heterocycles. The normalized spacial score (nSPS) is 15.6. The molecule has 0 saturated heterocycles. The number of nitrogens with one attached hydrogen (secondary N) is 1. The summed E-state index contributed by atoms with van der Waals surface area (Å²) in [6.07, 6.45) is 2.01. The molecule has 0 heterocycles. The topological polar surface area (TPSA) is 35.8 Å². The summed E-state index contributed by atoms with van der Waals surface area (Å²) in [4.78, 5) is 0. The first-order valence-electron chi connectivity index (χ1n) is 7.40. The number of hydrogen-bond acceptors (Lipinski definition) is 3. The van der Waals surface area contributed by atoms with Gasteiger partial charge in [0, 0.05) is 11.3 Å². The van der Waals surface area contributed by atoms with Gasteiger partial charge >= 0.3 is 0 Å². The van der Waals surface area contributed by atoms with E-state index >= 15 is 0 Å². The van der Waals surface area contributed by atoms with Crippen LogP contribution in [0, 0.1) is 11.3 Å². The fourth-order valence-corrected chi connectivity index (χ4v) is 3.26. The molecule has 1 N–H and O–H groups in total. The Balaban J connectivity index is 2.87. The summed E-state index contributed by atoms with van der Waals surface area (Å²) in [5, 5.41) is 13.9. The van der Waals surface area contributed by atoms with Gasteiger partial charge < -0.3 is 0 Å². The molecule has 1 aromatic carbocycles. The molecule has 0 aliphatic carbocycles. The molecule has 0 aliphatic rings. The highest BCUT2D eigenvalue weighted by Crippen LogP contribution is 2.28. The second-order valence-electron chi connectivity index (χ2n) is 5.52. The third-order valence-corrected chi connectivity index (χ3v) is 4.79. The third kappa shape index (κ3) is 4.85. The standard InChI is InChI=1S/C17H26N2S/c1-5-15(4)20-12-11-17(13-18,19-14(2)3)16-9-7-6-8-10-16/h6-10,14-15,19H,5,11-12H2,1-4H3. The maximum Gasteiger partial charge on any atom is 0.133 e. The molecule has 3 heteroatoms. The van der Waals surface area contributed by atoms with Crippen LogP contribution < -0.4 is 5.32 Å². The van der Waals surface area contributed by atoms with Gasteiger partial charge in [0.2, 0.25) is 0 Å². The van der Waals surface area contributed by atoms with Crippen LogP contribution in [0.4, 0.5) is 0 Å². The van der Waals surface area contributed by atoms with Crippen LogP contribution in [0.5, 0.6) is 0 Å². The van der Waals surface area contributed by atoms with E-state index in [0.29, 0.717) is 5.25 Å². The second-order valence-corrected chi connectivity index (χ2v) is 7.07. The Morgan fingerprint density at radius 2 is 1.90 bits per heavy atom. The quantitative estimate of drug-likeness (QED) is 0.774. The fraction of sp³-hybridized carbons (Fsp3) is 0.588. The van der Waals surface area contributed by atoms with Crippen LogP contribution in [0.25, 0.3) is 0 Å². The van der Waals surface area contributed by atoms with E-state index in [4.69, 9.17) is 0 Å². The van der Waals surface area contributed by atoms with E-state index in [2.05, 4.69) is 39.1 Å². The predicted molar refractivity (Wildman–Crippen MR) is 88.8 cm³/mol. The minimum atomic E-state index is -0.574. The summed E-state index contributed by atoms with van der Waals surface area (Å²) in [5.41, 5.74) is 0.497. The largest absolute Gasteiger partial charge is 0.293 e. The zero-order valence-corrected chi connectivity index (χ0v) is 13.8. The highest BCUT2D eigenvalue weighted by molar-refractivity contribution is 7.99.